The number of benzene rings is 1. The molecule has 1 N–H and O–H groups in total. The van der Waals surface area contributed by atoms with Gasteiger partial charge in [-0.2, -0.15) is 0 Å². The zero-order chi connectivity index (χ0) is 10.9. The molecule has 0 bridgehead atoms. The lowest BCUT2D eigenvalue weighted by Gasteiger charge is -2.14. The average Bonchev–Trinajstić information content (AvgIpc) is 2.99. The molecule has 1 saturated heterocycles. The van der Waals surface area contributed by atoms with E-state index in [1.165, 1.54) is 0 Å². The molecule has 1 heterocycles. The molecule has 1 unspecified atom stereocenters. The van der Waals surface area contributed by atoms with Crippen molar-refractivity contribution in [3.8, 4) is 0 Å². The van der Waals surface area contributed by atoms with E-state index in [0.717, 1.165) is 5.56 Å². The van der Waals surface area contributed by atoms with Gasteiger partial charge in [0.2, 0.25) is 0 Å². The molecule has 0 spiro atoms. The van der Waals surface area contributed by atoms with E-state index in [0.29, 0.717) is 6.61 Å². The maximum atomic E-state index is 11.9. The highest BCUT2D eigenvalue weighted by Crippen LogP contribution is 2.38. The van der Waals surface area contributed by atoms with Crippen LogP contribution in [0.1, 0.15) is 19.4 Å². The van der Waals surface area contributed by atoms with Crippen molar-refractivity contribution in [2.75, 3.05) is 6.61 Å². The minimum absolute atomic E-state index is 0.0382. The summed E-state index contributed by atoms with van der Waals surface area (Å²) >= 11 is 0. The molecule has 1 aromatic carbocycles. The van der Waals surface area contributed by atoms with Gasteiger partial charge in [0, 0.05) is 6.04 Å². The summed E-state index contributed by atoms with van der Waals surface area (Å²) in [4.78, 5) is 11.9. The van der Waals surface area contributed by atoms with Gasteiger partial charge in [-0.3, -0.25) is 4.79 Å². The molecule has 0 aliphatic carbocycles. The van der Waals surface area contributed by atoms with Crippen LogP contribution in [0.4, 0.5) is 0 Å². The number of carbonyl (C=O) groups is 1. The van der Waals surface area contributed by atoms with Crippen molar-refractivity contribution in [2.24, 2.45) is 0 Å². The van der Waals surface area contributed by atoms with Gasteiger partial charge in [0.05, 0.1) is 6.61 Å². The third-order valence-corrected chi connectivity index (χ3v) is 2.46. The Morgan fingerprint density at radius 3 is 2.47 bits per heavy atom. The number of epoxide rings is 1. The second-order valence-electron chi connectivity index (χ2n) is 4.11. The molecule has 3 nitrogen and oxygen atoms in total. The number of hydrogen-bond acceptors (Lipinski definition) is 2. The number of rotatable bonds is 3. The average molecular weight is 205 g/mol. The number of ether oxygens (including phenoxy) is 1. The molecule has 80 valence electrons. The number of amides is 1. The van der Waals surface area contributed by atoms with E-state index >= 15 is 0 Å². The minimum atomic E-state index is -0.717. The second-order valence-corrected chi connectivity index (χ2v) is 4.11. The SMILES string of the molecule is CC(C)NC(=O)C1(c2ccccc2)CO1. The first-order valence-corrected chi connectivity index (χ1v) is 5.15. The molecule has 0 aromatic heterocycles. The third-order valence-electron chi connectivity index (χ3n) is 2.46. The first kappa shape index (κ1) is 10.2. The third kappa shape index (κ3) is 1.88. The molecule has 1 aromatic rings. The van der Waals surface area contributed by atoms with Gasteiger partial charge in [0.15, 0.2) is 5.60 Å². The molecule has 3 heteroatoms. The van der Waals surface area contributed by atoms with Gasteiger partial charge in [0.25, 0.3) is 5.91 Å². The highest BCUT2D eigenvalue weighted by Gasteiger charge is 2.53. The number of nitrogens with one attached hydrogen (secondary N) is 1. The van der Waals surface area contributed by atoms with Crippen molar-refractivity contribution >= 4 is 5.91 Å². The molecule has 0 radical (unpaired) electrons. The van der Waals surface area contributed by atoms with Crippen molar-refractivity contribution in [3.63, 3.8) is 0 Å². The zero-order valence-corrected chi connectivity index (χ0v) is 8.99. The lowest BCUT2D eigenvalue weighted by molar-refractivity contribution is -0.127. The Bertz CT molecular complexity index is 355. The first-order valence-electron chi connectivity index (χ1n) is 5.15. The normalized spacial score (nSPS) is 23.9. The second kappa shape index (κ2) is 3.66. The maximum absolute atomic E-state index is 11.9. The van der Waals surface area contributed by atoms with Crippen LogP contribution in [-0.4, -0.2) is 18.6 Å². The van der Waals surface area contributed by atoms with Crippen molar-refractivity contribution < 1.29 is 9.53 Å². The van der Waals surface area contributed by atoms with E-state index in [2.05, 4.69) is 5.32 Å². The van der Waals surface area contributed by atoms with Crippen LogP contribution in [0.25, 0.3) is 0 Å². The van der Waals surface area contributed by atoms with Crippen LogP contribution in [0, 0.1) is 0 Å². The van der Waals surface area contributed by atoms with Gasteiger partial charge in [-0.15, -0.1) is 0 Å². The quantitative estimate of drug-likeness (QED) is 0.758. The van der Waals surface area contributed by atoms with E-state index in [-0.39, 0.29) is 11.9 Å². The smallest absolute Gasteiger partial charge is 0.259 e. The van der Waals surface area contributed by atoms with Gasteiger partial charge >= 0.3 is 0 Å². The molecule has 2 rings (SSSR count). The highest BCUT2D eigenvalue weighted by atomic mass is 16.6. The Labute approximate surface area is 89.4 Å². The zero-order valence-electron chi connectivity index (χ0n) is 8.99. The molecule has 15 heavy (non-hydrogen) atoms. The lowest BCUT2D eigenvalue weighted by atomic mass is 9.99. The summed E-state index contributed by atoms with van der Waals surface area (Å²) in [6.07, 6.45) is 0. The van der Waals surface area contributed by atoms with Crippen molar-refractivity contribution in [2.45, 2.75) is 25.5 Å². The van der Waals surface area contributed by atoms with Gasteiger partial charge in [0.1, 0.15) is 0 Å². The minimum Gasteiger partial charge on any atom is -0.354 e. The van der Waals surface area contributed by atoms with Crippen LogP contribution in [0.15, 0.2) is 30.3 Å². The van der Waals surface area contributed by atoms with Crippen LogP contribution in [-0.2, 0) is 15.1 Å². The largest absolute Gasteiger partial charge is 0.354 e. The Hall–Kier alpha value is -1.35. The molecule has 0 saturated carbocycles. The van der Waals surface area contributed by atoms with E-state index in [1.54, 1.807) is 0 Å². The van der Waals surface area contributed by atoms with Gasteiger partial charge < -0.3 is 10.1 Å². The summed E-state index contributed by atoms with van der Waals surface area (Å²) in [6, 6.07) is 9.75. The highest BCUT2D eigenvalue weighted by molar-refractivity contribution is 5.89. The Balaban J connectivity index is 2.18. The molecule has 1 amide bonds. The summed E-state index contributed by atoms with van der Waals surface area (Å²) in [5, 5.41) is 2.88. The molecule has 1 fully saturated rings. The van der Waals surface area contributed by atoms with Crippen LogP contribution >= 0.6 is 0 Å². The summed E-state index contributed by atoms with van der Waals surface area (Å²) in [7, 11) is 0. The van der Waals surface area contributed by atoms with Crippen molar-refractivity contribution in [3.05, 3.63) is 35.9 Å². The fourth-order valence-corrected chi connectivity index (χ4v) is 1.59. The van der Waals surface area contributed by atoms with E-state index in [4.69, 9.17) is 4.74 Å². The van der Waals surface area contributed by atoms with Crippen LogP contribution in [0.2, 0.25) is 0 Å². The summed E-state index contributed by atoms with van der Waals surface area (Å²) in [6.45, 7) is 4.37. The molecular formula is C12H15NO2. The molecular weight excluding hydrogens is 190 g/mol. The molecule has 1 aliphatic rings. The van der Waals surface area contributed by atoms with E-state index in [1.807, 2.05) is 44.2 Å². The van der Waals surface area contributed by atoms with Crippen LogP contribution in [0.5, 0.6) is 0 Å². The lowest BCUT2D eigenvalue weighted by Crippen LogP contribution is -2.39. The van der Waals surface area contributed by atoms with Crippen LogP contribution < -0.4 is 5.32 Å². The Morgan fingerprint density at radius 1 is 1.40 bits per heavy atom. The van der Waals surface area contributed by atoms with Crippen molar-refractivity contribution in [1.82, 2.24) is 5.32 Å². The van der Waals surface area contributed by atoms with E-state index < -0.39 is 5.60 Å². The fraction of sp³-hybridized carbons (Fsp3) is 0.417. The standard InChI is InChI=1S/C12H15NO2/c1-9(2)13-11(14)12(8-15-12)10-6-4-3-5-7-10/h3-7,9H,8H2,1-2H3,(H,13,14). The monoisotopic (exact) mass is 205 g/mol. The Morgan fingerprint density at radius 2 is 2.00 bits per heavy atom. The first-order chi connectivity index (χ1) is 7.15. The van der Waals surface area contributed by atoms with E-state index in [9.17, 15) is 4.79 Å². The van der Waals surface area contributed by atoms with Gasteiger partial charge in [-0.1, -0.05) is 30.3 Å². The maximum Gasteiger partial charge on any atom is 0.259 e. The Kier molecular flexibility index (Phi) is 2.49. The number of carbonyl (C=O) groups excluding carboxylic acids is 1. The molecule has 1 aliphatic heterocycles. The molecule has 1 atom stereocenters. The topological polar surface area (TPSA) is 41.6 Å². The van der Waals surface area contributed by atoms with Crippen LogP contribution in [0.3, 0.4) is 0 Å². The summed E-state index contributed by atoms with van der Waals surface area (Å²) in [5.41, 5.74) is 0.217. The predicted octanol–water partition coefficient (Wildman–Crippen LogP) is 1.44. The summed E-state index contributed by atoms with van der Waals surface area (Å²) in [5.74, 6) is -0.0382. The summed E-state index contributed by atoms with van der Waals surface area (Å²) < 4.78 is 5.33. The van der Waals surface area contributed by atoms with Gasteiger partial charge in [-0.25, -0.2) is 0 Å². The predicted molar refractivity (Wildman–Crippen MR) is 57.4 cm³/mol. The number of hydrogen-bond donors (Lipinski definition) is 1. The fourth-order valence-electron chi connectivity index (χ4n) is 1.59. The van der Waals surface area contributed by atoms with Gasteiger partial charge in [-0.05, 0) is 19.4 Å². The van der Waals surface area contributed by atoms with Crippen molar-refractivity contribution in [1.29, 1.82) is 0 Å².